The molecular formula is C17H20N2OS. The van der Waals surface area contributed by atoms with E-state index in [-0.39, 0.29) is 6.61 Å². The van der Waals surface area contributed by atoms with Gasteiger partial charge in [0.2, 0.25) is 0 Å². The van der Waals surface area contributed by atoms with Crippen molar-refractivity contribution >= 4 is 33.7 Å². The van der Waals surface area contributed by atoms with Gasteiger partial charge < -0.3 is 15.7 Å². The molecule has 1 fully saturated rings. The highest BCUT2D eigenvalue weighted by molar-refractivity contribution is 7.80. The number of hydrogen-bond donors (Lipinski definition) is 2. The van der Waals surface area contributed by atoms with E-state index in [1.165, 1.54) is 24.9 Å². The zero-order chi connectivity index (χ0) is 14.8. The third-order valence-corrected chi connectivity index (χ3v) is 4.55. The molecule has 3 N–H and O–H groups in total. The summed E-state index contributed by atoms with van der Waals surface area (Å²) in [5.74, 6) is 0. The van der Waals surface area contributed by atoms with Crippen molar-refractivity contribution in [2.45, 2.75) is 25.3 Å². The molecule has 3 rings (SSSR count). The first-order valence-electron chi connectivity index (χ1n) is 7.41. The summed E-state index contributed by atoms with van der Waals surface area (Å²) in [6.45, 7) is 0.836. The van der Waals surface area contributed by atoms with Crippen LogP contribution < -0.4 is 10.6 Å². The minimum atomic E-state index is 0.169. The fourth-order valence-corrected chi connectivity index (χ4v) is 3.23. The van der Waals surface area contributed by atoms with Gasteiger partial charge in [-0.25, -0.2) is 0 Å². The summed E-state index contributed by atoms with van der Waals surface area (Å²) < 4.78 is 0. The number of thiocarbonyl (C=S) groups is 1. The fourth-order valence-electron chi connectivity index (χ4n) is 3.05. The van der Waals surface area contributed by atoms with E-state index in [2.05, 4.69) is 23.1 Å². The first kappa shape index (κ1) is 14.3. The molecule has 21 heavy (non-hydrogen) atoms. The maximum Gasteiger partial charge on any atom is 0.104 e. The average molecular weight is 300 g/mol. The van der Waals surface area contributed by atoms with E-state index in [0.717, 1.165) is 16.3 Å². The van der Waals surface area contributed by atoms with Crippen molar-refractivity contribution in [2.75, 3.05) is 18.1 Å². The van der Waals surface area contributed by atoms with Crippen LogP contribution in [0.3, 0.4) is 0 Å². The number of nitrogens with zero attached hydrogens (tertiary/aromatic N) is 1. The van der Waals surface area contributed by atoms with Crippen molar-refractivity contribution < 1.29 is 5.11 Å². The van der Waals surface area contributed by atoms with E-state index in [4.69, 9.17) is 18.0 Å². The van der Waals surface area contributed by atoms with Crippen LogP contribution in [0, 0.1) is 0 Å². The Morgan fingerprint density at radius 3 is 2.48 bits per heavy atom. The number of anilines is 1. The molecule has 3 nitrogen and oxygen atoms in total. The van der Waals surface area contributed by atoms with Crippen molar-refractivity contribution in [3.05, 3.63) is 42.0 Å². The summed E-state index contributed by atoms with van der Waals surface area (Å²) in [7, 11) is 0. The van der Waals surface area contributed by atoms with Gasteiger partial charge in [0.05, 0.1) is 6.61 Å². The van der Waals surface area contributed by atoms with Gasteiger partial charge in [-0.05, 0) is 36.8 Å². The van der Waals surface area contributed by atoms with Crippen molar-refractivity contribution in [2.24, 2.45) is 5.73 Å². The second-order valence-corrected chi connectivity index (χ2v) is 5.98. The van der Waals surface area contributed by atoms with E-state index in [0.29, 0.717) is 17.6 Å². The molecule has 0 bridgehead atoms. The Kier molecular flexibility index (Phi) is 4.08. The molecule has 0 aromatic heterocycles. The lowest BCUT2D eigenvalue weighted by atomic mass is 9.90. The van der Waals surface area contributed by atoms with Gasteiger partial charge >= 0.3 is 0 Å². The van der Waals surface area contributed by atoms with Gasteiger partial charge in [-0.15, -0.1) is 0 Å². The molecule has 2 aromatic carbocycles. The first-order valence-corrected chi connectivity index (χ1v) is 7.82. The molecule has 1 aliphatic rings. The van der Waals surface area contributed by atoms with E-state index in [1.54, 1.807) is 0 Å². The second-order valence-electron chi connectivity index (χ2n) is 5.54. The van der Waals surface area contributed by atoms with Crippen molar-refractivity contribution in [1.82, 2.24) is 0 Å². The Hall–Kier alpha value is -1.65. The summed E-state index contributed by atoms with van der Waals surface area (Å²) in [4.78, 5) is 2.75. The van der Waals surface area contributed by atoms with Crippen molar-refractivity contribution in [1.29, 1.82) is 0 Å². The van der Waals surface area contributed by atoms with Crippen LogP contribution in [0.1, 0.15) is 24.8 Å². The summed E-state index contributed by atoms with van der Waals surface area (Å²) in [5, 5.41) is 11.6. The average Bonchev–Trinajstić information content (AvgIpc) is 2.43. The molecule has 4 heteroatoms. The van der Waals surface area contributed by atoms with Crippen LogP contribution in [-0.4, -0.2) is 29.3 Å². The normalized spacial score (nSPS) is 14.9. The highest BCUT2D eigenvalue weighted by atomic mass is 32.1. The van der Waals surface area contributed by atoms with Gasteiger partial charge in [-0.1, -0.05) is 36.5 Å². The van der Waals surface area contributed by atoms with Crippen LogP contribution in [0.5, 0.6) is 0 Å². The fraction of sp³-hybridized carbons (Fsp3) is 0.353. The van der Waals surface area contributed by atoms with Crippen LogP contribution in [0.25, 0.3) is 10.8 Å². The van der Waals surface area contributed by atoms with E-state index < -0.39 is 0 Å². The molecule has 0 heterocycles. The Labute approximate surface area is 130 Å². The number of aliphatic hydroxyl groups is 1. The molecule has 0 unspecified atom stereocenters. The van der Waals surface area contributed by atoms with Crippen LogP contribution in [0.2, 0.25) is 0 Å². The molecule has 0 spiro atoms. The maximum absolute atomic E-state index is 9.40. The van der Waals surface area contributed by atoms with Crippen molar-refractivity contribution in [3.63, 3.8) is 0 Å². The quantitative estimate of drug-likeness (QED) is 0.834. The molecule has 1 aliphatic carbocycles. The van der Waals surface area contributed by atoms with Crippen LogP contribution >= 0.6 is 12.2 Å². The molecule has 0 amide bonds. The Morgan fingerprint density at radius 1 is 1.19 bits per heavy atom. The molecule has 0 saturated heterocycles. The SMILES string of the molecule is NC(=S)c1ccc(N(CCO)C2CCC2)c2ccccc12. The lowest BCUT2D eigenvalue weighted by molar-refractivity contribution is 0.284. The van der Waals surface area contributed by atoms with Gasteiger partial charge in [0.15, 0.2) is 0 Å². The number of hydrogen-bond acceptors (Lipinski definition) is 3. The first-order chi connectivity index (χ1) is 10.2. The largest absolute Gasteiger partial charge is 0.395 e. The van der Waals surface area contributed by atoms with Gasteiger partial charge in [0, 0.05) is 29.2 Å². The molecular weight excluding hydrogens is 280 g/mol. The van der Waals surface area contributed by atoms with Crippen LogP contribution in [0.15, 0.2) is 36.4 Å². The van der Waals surface area contributed by atoms with Gasteiger partial charge in [0.25, 0.3) is 0 Å². The van der Waals surface area contributed by atoms with E-state index >= 15 is 0 Å². The zero-order valence-corrected chi connectivity index (χ0v) is 12.8. The number of benzene rings is 2. The van der Waals surface area contributed by atoms with Gasteiger partial charge in [0.1, 0.15) is 4.99 Å². The van der Waals surface area contributed by atoms with Crippen molar-refractivity contribution in [3.8, 4) is 0 Å². The number of rotatable bonds is 5. The minimum absolute atomic E-state index is 0.169. The number of aliphatic hydroxyl groups excluding tert-OH is 1. The lowest BCUT2D eigenvalue weighted by Gasteiger charge is -2.39. The molecule has 1 saturated carbocycles. The third kappa shape index (κ3) is 2.61. The molecule has 110 valence electrons. The Morgan fingerprint density at radius 2 is 1.90 bits per heavy atom. The van der Waals surface area contributed by atoms with Crippen LogP contribution in [-0.2, 0) is 0 Å². The maximum atomic E-state index is 9.40. The van der Waals surface area contributed by atoms with E-state index in [9.17, 15) is 5.11 Å². The smallest absolute Gasteiger partial charge is 0.104 e. The molecule has 0 aliphatic heterocycles. The third-order valence-electron chi connectivity index (χ3n) is 4.33. The lowest BCUT2D eigenvalue weighted by Crippen LogP contribution is -2.42. The summed E-state index contributed by atoms with van der Waals surface area (Å²) in [6.07, 6.45) is 3.67. The van der Waals surface area contributed by atoms with Gasteiger partial charge in [-0.3, -0.25) is 0 Å². The monoisotopic (exact) mass is 300 g/mol. The topological polar surface area (TPSA) is 49.5 Å². The van der Waals surface area contributed by atoms with Crippen LogP contribution in [0.4, 0.5) is 5.69 Å². The highest BCUT2D eigenvalue weighted by Crippen LogP contribution is 2.35. The summed E-state index contributed by atoms with van der Waals surface area (Å²) in [5.41, 5.74) is 7.93. The summed E-state index contributed by atoms with van der Waals surface area (Å²) >= 11 is 5.16. The predicted molar refractivity (Wildman–Crippen MR) is 91.9 cm³/mol. The van der Waals surface area contributed by atoms with E-state index in [1.807, 2.05) is 18.2 Å². The summed E-state index contributed by atoms with van der Waals surface area (Å²) in [6, 6.07) is 12.8. The number of fused-ring (bicyclic) bond motifs is 1. The standard InChI is InChI=1S/C17H20N2OS/c18-17(21)15-8-9-16(14-7-2-1-6-13(14)15)19(10-11-20)12-4-3-5-12/h1-2,6-9,12,20H,3-5,10-11H2,(H2,18,21). The minimum Gasteiger partial charge on any atom is -0.395 e. The number of nitrogens with two attached hydrogens (primary N) is 1. The molecule has 0 radical (unpaired) electrons. The molecule has 0 atom stereocenters. The predicted octanol–water partition coefficient (Wildman–Crippen LogP) is 2.83. The highest BCUT2D eigenvalue weighted by Gasteiger charge is 2.26. The second kappa shape index (κ2) is 6.00. The zero-order valence-electron chi connectivity index (χ0n) is 12.0. The Balaban J connectivity index is 2.13. The Bertz CT molecular complexity index is 667. The molecule has 2 aromatic rings. The van der Waals surface area contributed by atoms with Gasteiger partial charge in [-0.2, -0.15) is 0 Å².